The smallest absolute Gasteiger partial charge is 0.161 e. The van der Waals surface area contributed by atoms with E-state index in [-0.39, 0.29) is 12.4 Å². The highest BCUT2D eigenvalue weighted by Crippen LogP contribution is 2.39. The average Bonchev–Trinajstić information content (AvgIpc) is 2.53. The maximum atomic E-state index is 5.50. The summed E-state index contributed by atoms with van der Waals surface area (Å²) in [5.74, 6) is 1.71. The number of hydrogen-bond acceptors (Lipinski definition) is 4. The van der Waals surface area contributed by atoms with Gasteiger partial charge in [0.05, 0.1) is 14.2 Å². The van der Waals surface area contributed by atoms with Gasteiger partial charge in [0.2, 0.25) is 0 Å². The number of methoxy groups -OCH3 is 2. The topological polar surface area (TPSA) is 24.9 Å². The van der Waals surface area contributed by atoms with Gasteiger partial charge in [0.25, 0.3) is 0 Å². The van der Waals surface area contributed by atoms with Crippen LogP contribution in [0, 0.1) is 0 Å². The van der Waals surface area contributed by atoms with Gasteiger partial charge in [-0.1, -0.05) is 6.92 Å². The third-order valence-corrected chi connectivity index (χ3v) is 4.79. The van der Waals surface area contributed by atoms with Crippen LogP contribution in [0.3, 0.4) is 0 Å². The molecule has 2 aliphatic heterocycles. The first-order valence-corrected chi connectivity index (χ1v) is 7.98. The molecule has 0 bridgehead atoms. The van der Waals surface area contributed by atoms with E-state index in [9.17, 15) is 0 Å². The van der Waals surface area contributed by atoms with Gasteiger partial charge in [-0.25, -0.2) is 0 Å². The minimum Gasteiger partial charge on any atom is -0.493 e. The number of ether oxygens (including phenoxy) is 2. The lowest BCUT2D eigenvalue weighted by molar-refractivity contribution is 0.0672. The van der Waals surface area contributed by atoms with Gasteiger partial charge in [0.1, 0.15) is 0 Å². The van der Waals surface area contributed by atoms with E-state index in [1.165, 1.54) is 37.2 Å². The fourth-order valence-electron chi connectivity index (χ4n) is 3.69. The van der Waals surface area contributed by atoms with Crippen molar-refractivity contribution in [2.45, 2.75) is 25.8 Å². The van der Waals surface area contributed by atoms with Gasteiger partial charge < -0.3 is 14.4 Å². The zero-order valence-corrected chi connectivity index (χ0v) is 14.6. The van der Waals surface area contributed by atoms with Gasteiger partial charge in [-0.3, -0.25) is 4.90 Å². The minimum atomic E-state index is 0. The third kappa shape index (κ3) is 3.19. The first-order chi connectivity index (χ1) is 10.3. The van der Waals surface area contributed by atoms with Crippen LogP contribution < -0.4 is 9.47 Å². The Morgan fingerprint density at radius 1 is 1.09 bits per heavy atom. The van der Waals surface area contributed by atoms with Crippen molar-refractivity contribution < 1.29 is 9.47 Å². The highest BCUT2D eigenvalue weighted by atomic mass is 35.5. The van der Waals surface area contributed by atoms with Crippen molar-refractivity contribution in [3.05, 3.63) is 23.3 Å². The van der Waals surface area contributed by atoms with Gasteiger partial charge in [-0.2, -0.15) is 0 Å². The zero-order valence-electron chi connectivity index (χ0n) is 13.8. The van der Waals surface area contributed by atoms with Crippen LogP contribution in [0.1, 0.15) is 30.5 Å². The molecule has 1 aromatic carbocycles. The molecule has 1 aromatic rings. The molecule has 2 aliphatic rings. The number of halogens is 1. The highest BCUT2D eigenvalue weighted by Gasteiger charge is 2.33. The maximum Gasteiger partial charge on any atom is 0.161 e. The van der Waals surface area contributed by atoms with Crippen LogP contribution in [0.15, 0.2) is 12.1 Å². The van der Waals surface area contributed by atoms with Crippen LogP contribution in [0.5, 0.6) is 11.5 Å². The Morgan fingerprint density at radius 3 is 2.50 bits per heavy atom. The first-order valence-electron chi connectivity index (χ1n) is 7.98. The number of rotatable bonds is 4. The molecular weight excluding hydrogens is 300 g/mol. The van der Waals surface area contributed by atoms with Crippen molar-refractivity contribution in [2.75, 3.05) is 46.9 Å². The molecule has 5 heteroatoms. The van der Waals surface area contributed by atoms with E-state index in [0.29, 0.717) is 6.04 Å². The second-order valence-electron chi connectivity index (χ2n) is 6.01. The standard InChI is InChI=1S/C17H26N2O2.ClH/c1-4-6-18-8-9-19-7-5-13-10-16(20-2)17(21-3)11-14(13)15(19)12-18;/h10-11,15H,4-9,12H2,1-3H3;1H. The van der Waals surface area contributed by atoms with Crippen LogP contribution in [-0.2, 0) is 6.42 Å². The summed E-state index contributed by atoms with van der Waals surface area (Å²) in [6.07, 6.45) is 2.34. The van der Waals surface area contributed by atoms with Gasteiger partial charge in [0, 0.05) is 32.2 Å². The molecule has 3 rings (SSSR count). The van der Waals surface area contributed by atoms with E-state index in [1.807, 2.05) is 0 Å². The Bertz CT molecular complexity index is 510. The fourth-order valence-corrected chi connectivity index (χ4v) is 3.69. The Hall–Kier alpha value is -0.970. The SMILES string of the molecule is CCCN1CCN2CCc3cc(OC)c(OC)cc3C2C1.Cl. The maximum absolute atomic E-state index is 5.50. The summed E-state index contributed by atoms with van der Waals surface area (Å²) in [7, 11) is 3.43. The van der Waals surface area contributed by atoms with Crippen molar-refractivity contribution in [1.29, 1.82) is 0 Å². The summed E-state index contributed by atoms with van der Waals surface area (Å²) < 4.78 is 10.9. The number of benzene rings is 1. The van der Waals surface area contributed by atoms with E-state index >= 15 is 0 Å². The summed E-state index contributed by atoms with van der Waals surface area (Å²) in [4.78, 5) is 5.22. The average molecular weight is 327 g/mol. The third-order valence-electron chi connectivity index (χ3n) is 4.79. The molecule has 2 heterocycles. The molecule has 0 aliphatic carbocycles. The molecule has 22 heavy (non-hydrogen) atoms. The minimum absolute atomic E-state index is 0. The number of piperazine rings is 1. The van der Waals surface area contributed by atoms with E-state index in [0.717, 1.165) is 31.0 Å². The molecule has 124 valence electrons. The Morgan fingerprint density at radius 2 is 1.82 bits per heavy atom. The molecular formula is C17H27ClN2O2. The molecule has 0 N–H and O–H groups in total. The number of fused-ring (bicyclic) bond motifs is 3. The second kappa shape index (κ2) is 7.53. The van der Waals surface area contributed by atoms with E-state index in [4.69, 9.17) is 9.47 Å². The quantitative estimate of drug-likeness (QED) is 0.849. The summed E-state index contributed by atoms with van der Waals surface area (Å²) in [5, 5.41) is 0. The van der Waals surface area contributed by atoms with E-state index < -0.39 is 0 Å². The fraction of sp³-hybridized carbons (Fsp3) is 0.647. The molecule has 0 amide bonds. The second-order valence-corrected chi connectivity index (χ2v) is 6.01. The van der Waals surface area contributed by atoms with Gasteiger partial charge in [-0.15, -0.1) is 12.4 Å². The molecule has 0 spiro atoms. The number of hydrogen-bond donors (Lipinski definition) is 0. The summed E-state index contributed by atoms with van der Waals surface area (Å²) in [6.45, 7) is 8.14. The summed E-state index contributed by atoms with van der Waals surface area (Å²) in [6, 6.07) is 4.87. The molecule has 1 unspecified atom stereocenters. The van der Waals surface area contributed by atoms with Gasteiger partial charge in [-0.05, 0) is 42.6 Å². The monoisotopic (exact) mass is 326 g/mol. The van der Waals surface area contributed by atoms with Crippen molar-refractivity contribution >= 4 is 12.4 Å². The normalized spacial score (nSPS) is 21.5. The van der Waals surface area contributed by atoms with Gasteiger partial charge >= 0.3 is 0 Å². The highest BCUT2D eigenvalue weighted by molar-refractivity contribution is 5.85. The Labute approximate surface area is 139 Å². The Kier molecular flexibility index (Phi) is 5.95. The molecule has 1 fully saturated rings. The van der Waals surface area contributed by atoms with Crippen molar-refractivity contribution in [1.82, 2.24) is 9.80 Å². The largest absolute Gasteiger partial charge is 0.493 e. The molecule has 4 nitrogen and oxygen atoms in total. The van der Waals surface area contributed by atoms with Crippen LogP contribution >= 0.6 is 12.4 Å². The molecule has 0 saturated carbocycles. The predicted molar refractivity (Wildman–Crippen MR) is 91.5 cm³/mol. The van der Waals surface area contributed by atoms with Crippen LogP contribution in [-0.4, -0.2) is 56.7 Å². The van der Waals surface area contributed by atoms with Gasteiger partial charge in [0.15, 0.2) is 11.5 Å². The lowest BCUT2D eigenvalue weighted by atomic mass is 9.90. The van der Waals surface area contributed by atoms with Crippen LogP contribution in [0.25, 0.3) is 0 Å². The molecule has 0 radical (unpaired) electrons. The van der Waals surface area contributed by atoms with Crippen LogP contribution in [0.2, 0.25) is 0 Å². The summed E-state index contributed by atoms with van der Waals surface area (Å²) in [5.41, 5.74) is 2.85. The Balaban J connectivity index is 0.00000176. The zero-order chi connectivity index (χ0) is 14.8. The molecule has 1 atom stereocenters. The first kappa shape index (κ1) is 17.4. The number of nitrogens with zero attached hydrogens (tertiary/aromatic N) is 2. The van der Waals surface area contributed by atoms with Crippen molar-refractivity contribution in [3.8, 4) is 11.5 Å². The lowest BCUT2D eigenvalue weighted by Crippen LogP contribution is -2.50. The predicted octanol–water partition coefficient (Wildman–Crippen LogP) is 2.75. The molecule has 1 saturated heterocycles. The summed E-state index contributed by atoms with van der Waals surface area (Å²) >= 11 is 0. The molecule has 0 aromatic heterocycles. The van der Waals surface area contributed by atoms with E-state index in [2.05, 4.69) is 28.9 Å². The van der Waals surface area contributed by atoms with Crippen molar-refractivity contribution in [3.63, 3.8) is 0 Å². The lowest BCUT2D eigenvalue weighted by Gasteiger charge is -2.45. The van der Waals surface area contributed by atoms with Crippen LogP contribution in [0.4, 0.5) is 0 Å². The van der Waals surface area contributed by atoms with Crippen molar-refractivity contribution in [2.24, 2.45) is 0 Å². The van der Waals surface area contributed by atoms with E-state index in [1.54, 1.807) is 14.2 Å².